The van der Waals surface area contributed by atoms with Crippen molar-refractivity contribution in [1.29, 1.82) is 0 Å². The van der Waals surface area contributed by atoms with Crippen molar-refractivity contribution in [3.63, 3.8) is 0 Å². The predicted octanol–water partition coefficient (Wildman–Crippen LogP) is 4.42. The van der Waals surface area contributed by atoms with Crippen molar-refractivity contribution in [2.45, 2.75) is 39.0 Å². The van der Waals surface area contributed by atoms with E-state index in [-0.39, 0.29) is 18.0 Å². The SMILES string of the molecule is CC(=O)Cc1ccc(C(=O)Cc2nc(-c3ccc4c(c3)CCC(=O)C4)cs2)cc1. The zero-order valence-corrected chi connectivity index (χ0v) is 17.1. The van der Waals surface area contributed by atoms with Gasteiger partial charge in [0.15, 0.2) is 5.78 Å². The first-order valence-electron chi connectivity index (χ1n) is 9.68. The molecule has 3 aromatic rings. The highest BCUT2D eigenvalue weighted by atomic mass is 32.1. The maximum Gasteiger partial charge on any atom is 0.169 e. The monoisotopic (exact) mass is 403 g/mol. The summed E-state index contributed by atoms with van der Waals surface area (Å²) < 4.78 is 0. The minimum Gasteiger partial charge on any atom is -0.300 e. The van der Waals surface area contributed by atoms with Gasteiger partial charge in [-0.15, -0.1) is 11.3 Å². The van der Waals surface area contributed by atoms with Crippen LogP contribution in [-0.4, -0.2) is 22.3 Å². The summed E-state index contributed by atoms with van der Waals surface area (Å²) in [5.74, 6) is 0.423. The van der Waals surface area contributed by atoms with Crippen molar-refractivity contribution >= 4 is 28.7 Å². The molecule has 1 aliphatic carbocycles. The number of Topliss-reactive ketones (excluding diaryl/α,β-unsaturated/α-hetero) is 3. The number of ketones is 3. The van der Waals surface area contributed by atoms with Crippen molar-refractivity contribution < 1.29 is 14.4 Å². The lowest BCUT2D eigenvalue weighted by Crippen LogP contribution is -2.13. The molecule has 0 N–H and O–H groups in total. The summed E-state index contributed by atoms with van der Waals surface area (Å²) in [7, 11) is 0. The Bertz CT molecular complexity index is 1100. The summed E-state index contributed by atoms with van der Waals surface area (Å²) in [5, 5.41) is 2.76. The second-order valence-electron chi connectivity index (χ2n) is 7.50. The number of nitrogens with zero attached hydrogens (tertiary/aromatic N) is 1. The number of benzene rings is 2. The quantitative estimate of drug-likeness (QED) is 0.572. The zero-order valence-electron chi connectivity index (χ0n) is 16.2. The van der Waals surface area contributed by atoms with E-state index in [9.17, 15) is 14.4 Å². The Balaban J connectivity index is 1.46. The molecule has 4 nitrogen and oxygen atoms in total. The lowest BCUT2D eigenvalue weighted by Gasteiger charge is -2.15. The van der Waals surface area contributed by atoms with Crippen molar-refractivity contribution in [2.75, 3.05) is 0 Å². The Hall–Kier alpha value is -2.92. The van der Waals surface area contributed by atoms with E-state index in [2.05, 4.69) is 11.1 Å². The van der Waals surface area contributed by atoms with Crippen LogP contribution in [0.15, 0.2) is 47.8 Å². The summed E-state index contributed by atoms with van der Waals surface area (Å²) in [6, 6.07) is 13.4. The molecular formula is C24H21NO3S. The Labute approximate surface area is 173 Å². The number of hydrogen-bond donors (Lipinski definition) is 0. The average Bonchev–Trinajstić information content (AvgIpc) is 3.16. The number of thiazole rings is 1. The number of carbonyl (C=O) groups is 3. The Morgan fingerprint density at radius 3 is 2.55 bits per heavy atom. The largest absolute Gasteiger partial charge is 0.300 e. The minimum absolute atomic E-state index is 0.0178. The van der Waals surface area contributed by atoms with Crippen LogP contribution in [-0.2, 0) is 35.3 Å². The third-order valence-electron chi connectivity index (χ3n) is 5.16. The van der Waals surface area contributed by atoms with E-state index in [1.165, 1.54) is 16.9 Å². The van der Waals surface area contributed by atoms with Crippen LogP contribution in [0, 0.1) is 0 Å². The molecular weight excluding hydrogens is 382 g/mol. The number of hydrogen-bond acceptors (Lipinski definition) is 5. The molecule has 0 aliphatic heterocycles. The Morgan fingerprint density at radius 1 is 1.00 bits per heavy atom. The van der Waals surface area contributed by atoms with Crippen LogP contribution in [0.5, 0.6) is 0 Å². The van der Waals surface area contributed by atoms with Gasteiger partial charge in [-0.25, -0.2) is 4.98 Å². The smallest absolute Gasteiger partial charge is 0.169 e. The molecule has 1 aromatic heterocycles. The molecule has 0 fully saturated rings. The highest BCUT2D eigenvalue weighted by Crippen LogP contribution is 2.28. The molecule has 0 bridgehead atoms. The van der Waals surface area contributed by atoms with Gasteiger partial charge >= 0.3 is 0 Å². The molecule has 0 radical (unpaired) electrons. The van der Waals surface area contributed by atoms with Crippen LogP contribution in [0.4, 0.5) is 0 Å². The summed E-state index contributed by atoms with van der Waals surface area (Å²) in [6.45, 7) is 1.56. The van der Waals surface area contributed by atoms with Crippen molar-refractivity contribution in [2.24, 2.45) is 0 Å². The lowest BCUT2D eigenvalue weighted by molar-refractivity contribution is -0.119. The summed E-state index contributed by atoms with van der Waals surface area (Å²) >= 11 is 1.49. The standard InChI is InChI=1S/C24H21NO3S/c1-15(26)10-16-2-4-17(5-3-16)23(28)13-24-25-22(14-29-24)20-7-6-19-12-21(27)9-8-18(19)11-20/h2-7,11,14H,8-10,12-13H2,1H3. The third kappa shape index (κ3) is 4.57. The number of rotatable bonds is 6. The molecule has 0 saturated carbocycles. The Morgan fingerprint density at radius 2 is 1.79 bits per heavy atom. The average molecular weight is 404 g/mol. The van der Waals surface area contributed by atoms with Crippen LogP contribution < -0.4 is 0 Å². The summed E-state index contributed by atoms with van der Waals surface area (Å²) in [4.78, 5) is 40.0. The van der Waals surface area contributed by atoms with Gasteiger partial charge in [0.05, 0.1) is 12.1 Å². The van der Waals surface area contributed by atoms with Crippen LogP contribution >= 0.6 is 11.3 Å². The van der Waals surface area contributed by atoms with E-state index < -0.39 is 0 Å². The van der Waals surface area contributed by atoms with Crippen LogP contribution in [0.2, 0.25) is 0 Å². The van der Waals surface area contributed by atoms with E-state index in [1.54, 1.807) is 19.1 Å². The predicted molar refractivity (Wildman–Crippen MR) is 113 cm³/mol. The number of aromatic nitrogens is 1. The highest BCUT2D eigenvalue weighted by molar-refractivity contribution is 7.10. The van der Waals surface area contributed by atoms with Gasteiger partial charge in [0, 0.05) is 35.8 Å². The van der Waals surface area contributed by atoms with Gasteiger partial charge in [0.1, 0.15) is 16.6 Å². The summed E-state index contributed by atoms with van der Waals surface area (Å²) in [6.07, 6.45) is 2.57. The Kier molecular flexibility index (Phi) is 5.49. The zero-order chi connectivity index (χ0) is 20.4. The molecule has 0 amide bonds. The van der Waals surface area contributed by atoms with E-state index in [1.807, 2.05) is 29.6 Å². The van der Waals surface area contributed by atoms with Gasteiger partial charge in [0.2, 0.25) is 0 Å². The molecule has 146 valence electrons. The van der Waals surface area contributed by atoms with Crippen molar-refractivity contribution in [3.05, 3.63) is 75.1 Å². The molecule has 0 atom stereocenters. The highest BCUT2D eigenvalue weighted by Gasteiger charge is 2.17. The van der Waals surface area contributed by atoms with Crippen molar-refractivity contribution in [3.8, 4) is 11.3 Å². The molecule has 1 aliphatic rings. The van der Waals surface area contributed by atoms with E-state index >= 15 is 0 Å². The normalized spacial score (nSPS) is 13.2. The molecule has 2 aromatic carbocycles. The number of carbonyl (C=O) groups excluding carboxylic acids is 3. The molecule has 4 rings (SSSR count). The molecule has 0 spiro atoms. The fourth-order valence-corrected chi connectivity index (χ4v) is 4.43. The van der Waals surface area contributed by atoms with Crippen LogP contribution in [0.1, 0.15) is 45.4 Å². The number of aryl methyl sites for hydroxylation is 1. The molecule has 0 saturated heterocycles. The fourth-order valence-electron chi connectivity index (χ4n) is 3.63. The first-order valence-corrected chi connectivity index (χ1v) is 10.6. The summed E-state index contributed by atoms with van der Waals surface area (Å²) in [5.41, 5.74) is 5.78. The van der Waals surface area contributed by atoms with Gasteiger partial charge < -0.3 is 0 Å². The first kappa shape index (κ1) is 19.4. The van der Waals surface area contributed by atoms with Gasteiger partial charge in [-0.2, -0.15) is 0 Å². The third-order valence-corrected chi connectivity index (χ3v) is 6.00. The minimum atomic E-state index is 0.0178. The van der Waals surface area contributed by atoms with Gasteiger partial charge in [-0.05, 0) is 36.1 Å². The van der Waals surface area contributed by atoms with Crippen molar-refractivity contribution in [1.82, 2.24) is 4.98 Å². The fraction of sp³-hybridized carbons (Fsp3) is 0.250. The maximum absolute atomic E-state index is 12.6. The maximum atomic E-state index is 12.6. The molecule has 0 unspecified atom stereocenters. The lowest BCUT2D eigenvalue weighted by atomic mass is 9.89. The second kappa shape index (κ2) is 8.21. The molecule has 1 heterocycles. The van der Waals surface area contributed by atoms with Gasteiger partial charge in [-0.3, -0.25) is 14.4 Å². The van der Waals surface area contributed by atoms with Gasteiger partial charge in [0.25, 0.3) is 0 Å². The van der Waals surface area contributed by atoms with Gasteiger partial charge in [-0.1, -0.05) is 36.4 Å². The molecule has 29 heavy (non-hydrogen) atoms. The van der Waals surface area contributed by atoms with Crippen LogP contribution in [0.3, 0.4) is 0 Å². The molecule has 5 heteroatoms. The van der Waals surface area contributed by atoms with E-state index in [0.29, 0.717) is 30.6 Å². The topological polar surface area (TPSA) is 64.1 Å². The van der Waals surface area contributed by atoms with E-state index in [4.69, 9.17) is 0 Å². The second-order valence-corrected chi connectivity index (χ2v) is 8.44. The first-order chi connectivity index (χ1) is 14.0. The van der Waals surface area contributed by atoms with E-state index in [0.717, 1.165) is 33.8 Å². The number of fused-ring (bicyclic) bond motifs is 1. The van der Waals surface area contributed by atoms with Crippen LogP contribution in [0.25, 0.3) is 11.3 Å².